The predicted octanol–water partition coefficient (Wildman–Crippen LogP) is 4.19. The molecule has 5 heteroatoms. The van der Waals surface area contributed by atoms with Gasteiger partial charge in [0.25, 0.3) is 0 Å². The second kappa shape index (κ2) is 9.98. The van der Waals surface area contributed by atoms with E-state index in [9.17, 15) is 10.0 Å². The lowest BCUT2D eigenvalue weighted by atomic mass is 9.78. The predicted molar refractivity (Wildman–Crippen MR) is 123 cm³/mol. The highest BCUT2D eigenvalue weighted by Gasteiger charge is 2.18. The van der Waals surface area contributed by atoms with E-state index in [0.717, 1.165) is 28.0 Å². The van der Waals surface area contributed by atoms with Crippen LogP contribution in [0.2, 0.25) is 0 Å². The van der Waals surface area contributed by atoms with E-state index in [1.807, 2.05) is 91.0 Å². The van der Waals surface area contributed by atoms with Crippen molar-refractivity contribution in [3.8, 4) is 22.6 Å². The summed E-state index contributed by atoms with van der Waals surface area (Å²) in [6.07, 6.45) is 0. The van der Waals surface area contributed by atoms with Crippen LogP contribution < -0.4 is 14.9 Å². The third kappa shape index (κ3) is 5.54. The first-order valence-electron chi connectivity index (χ1n) is 10.1. The second-order valence-electron chi connectivity index (χ2n) is 7.20. The number of ether oxygens (including phenoxy) is 2. The van der Waals surface area contributed by atoms with Crippen molar-refractivity contribution in [2.45, 2.75) is 13.2 Å². The first kappa shape index (κ1) is 20.7. The van der Waals surface area contributed by atoms with E-state index in [4.69, 9.17) is 9.47 Å². The lowest BCUT2D eigenvalue weighted by Crippen LogP contribution is -2.31. The minimum atomic E-state index is -1.63. The van der Waals surface area contributed by atoms with Gasteiger partial charge in [0.15, 0.2) is 0 Å². The Hall–Kier alpha value is -3.54. The molecular formula is C26H23BO4. The Morgan fingerprint density at radius 3 is 1.71 bits per heavy atom. The highest BCUT2D eigenvalue weighted by molar-refractivity contribution is 6.59. The zero-order chi connectivity index (χ0) is 21.5. The summed E-state index contributed by atoms with van der Waals surface area (Å²) in [6, 6.07) is 32.9. The van der Waals surface area contributed by atoms with E-state index in [2.05, 4.69) is 0 Å². The molecule has 0 heterocycles. The Morgan fingerprint density at radius 2 is 1.13 bits per heavy atom. The maximum atomic E-state index is 9.85. The maximum Gasteiger partial charge on any atom is 0.492 e. The molecule has 0 saturated heterocycles. The van der Waals surface area contributed by atoms with Crippen LogP contribution in [0.1, 0.15) is 11.1 Å². The number of hydrogen-bond donors (Lipinski definition) is 2. The van der Waals surface area contributed by atoms with E-state index in [0.29, 0.717) is 24.4 Å². The summed E-state index contributed by atoms with van der Waals surface area (Å²) < 4.78 is 11.7. The third-order valence-corrected chi connectivity index (χ3v) is 4.96. The van der Waals surface area contributed by atoms with Crippen molar-refractivity contribution in [1.29, 1.82) is 0 Å². The fraction of sp³-hybridized carbons (Fsp3) is 0.0769. The Kier molecular flexibility index (Phi) is 6.67. The summed E-state index contributed by atoms with van der Waals surface area (Å²) in [5.41, 5.74) is 4.27. The van der Waals surface area contributed by atoms with Gasteiger partial charge in [-0.05, 0) is 40.5 Å². The van der Waals surface area contributed by atoms with Crippen molar-refractivity contribution in [1.82, 2.24) is 0 Å². The molecule has 0 aliphatic heterocycles. The molecular weight excluding hydrogens is 387 g/mol. The largest absolute Gasteiger partial charge is 0.492 e. The molecule has 0 saturated carbocycles. The quantitative estimate of drug-likeness (QED) is 0.428. The van der Waals surface area contributed by atoms with Crippen LogP contribution in [-0.4, -0.2) is 17.2 Å². The van der Waals surface area contributed by atoms with E-state index in [1.54, 1.807) is 12.1 Å². The highest BCUT2D eigenvalue weighted by Crippen LogP contribution is 2.25. The molecule has 0 bridgehead atoms. The lowest BCUT2D eigenvalue weighted by molar-refractivity contribution is 0.306. The van der Waals surface area contributed by atoms with Crippen molar-refractivity contribution >= 4 is 12.6 Å². The Balaban J connectivity index is 1.46. The summed E-state index contributed by atoms with van der Waals surface area (Å²) in [7, 11) is -1.63. The van der Waals surface area contributed by atoms with Gasteiger partial charge in [-0.3, -0.25) is 0 Å². The van der Waals surface area contributed by atoms with Crippen molar-refractivity contribution < 1.29 is 19.5 Å². The van der Waals surface area contributed by atoms with Gasteiger partial charge in [-0.25, -0.2) is 0 Å². The molecule has 4 rings (SSSR count). The molecule has 31 heavy (non-hydrogen) atoms. The van der Waals surface area contributed by atoms with Gasteiger partial charge in [-0.15, -0.1) is 0 Å². The molecule has 0 unspecified atom stereocenters. The molecule has 0 spiro atoms. The zero-order valence-corrected chi connectivity index (χ0v) is 17.0. The van der Waals surface area contributed by atoms with Crippen molar-refractivity contribution in [2.24, 2.45) is 0 Å². The van der Waals surface area contributed by atoms with Crippen LogP contribution in [0.3, 0.4) is 0 Å². The smallest absolute Gasteiger partial charge is 0.489 e. The van der Waals surface area contributed by atoms with Crippen LogP contribution >= 0.6 is 0 Å². The summed E-state index contributed by atoms with van der Waals surface area (Å²) in [5, 5.41) is 19.7. The molecule has 154 valence electrons. The van der Waals surface area contributed by atoms with Gasteiger partial charge < -0.3 is 19.5 Å². The number of benzene rings is 4. The van der Waals surface area contributed by atoms with E-state index in [-0.39, 0.29) is 0 Å². The average molecular weight is 410 g/mol. The van der Waals surface area contributed by atoms with Crippen LogP contribution in [0.5, 0.6) is 11.5 Å². The number of hydrogen-bond acceptors (Lipinski definition) is 4. The van der Waals surface area contributed by atoms with E-state index >= 15 is 0 Å². The lowest BCUT2D eigenvalue weighted by Gasteiger charge is -2.13. The van der Waals surface area contributed by atoms with Crippen molar-refractivity contribution in [2.75, 3.05) is 0 Å². The Labute approximate surface area is 182 Å². The SMILES string of the molecule is OB(O)c1cc(-c2ccc(OCc3ccccc3)cc2)ccc1OCc1ccccc1. The standard InChI is InChI=1S/C26H23BO4/c28-27(29)25-17-23(13-16-26(25)31-19-21-9-5-2-6-10-21)22-11-14-24(15-12-22)30-18-20-7-3-1-4-8-20/h1-17,28-29H,18-19H2. The first-order valence-corrected chi connectivity index (χ1v) is 10.1. The van der Waals surface area contributed by atoms with E-state index < -0.39 is 7.12 Å². The Morgan fingerprint density at radius 1 is 0.581 bits per heavy atom. The molecule has 0 aliphatic rings. The fourth-order valence-electron chi connectivity index (χ4n) is 3.28. The minimum Gasteiger partial charge on any atom is -0.489 e. The molecule has 0 aromatic heterocycles. The normalized spacial score (nSPS) is 10.5. The molecule has 0 radical (unpaired) electrons. The van der Waals surface area contributed by atoms with Crippen LogP contribution in [0, 0.1) is 0 Å². The van der Waals surface area contributed by atoms with Gasteiger partial charge in [0, 0.05) is 5.46 Å². The molecule has 4 nitrogen and oxygen atoms in total. The van der Waals surface area contributed by atoms with Crippen LogP contribution in [0.4, 0.5) is 0 Å². The van der Waals surface area contributed by atoms with Crippen LogP contribution in [0.15, 0.2) is 103 Å². The summed E-state index contributed by atoms with van der Waals surface area (Å²) >= 11 is 0. The topological polar surface area (TPSA) is 58.9 Å². The molecule has 4 aromatic carbocycles. The van der Waals surface area contributed by atoms with Gasteiger partial charge in [0.1, 0.15) is 24.7 Å². The number of rotatable bonds is 8. The zero-order valence-electron chi connectivity index (χ0n) is 17.0. The van der Waals surface area contributed by atoms with Crippen molar-refractivity contribution in [3.05, 3.63) is 114 Å². The average Bonchev–Trinajstić information content (AvgIpc) is 2.83. The second-order valence-corrected chi connectivity index (χ2v) is 7.20. The van der Waals surface area contributed by atoms with Crippen LogP contribution in [0.25, 0.3) is 11.1 Å². The van der Waals surface area contributed by atoms with Crippen LogP contribution in [-0.2, 0) is 13.2 Å². The summed E-state index contributed by atoms with van der Waals surface area (Å²) in [6.45, 7) is 0.863. The fourth-order valence-corrected chi connectivity index (χ4v) is 3.28. The molecule has 0 amide bonds. The molecule has 0 fully saturated rings. The van der Waals surface area contributed by atoms with Gasteiger partial charge >= 0.3 is 7.12 Å². The molecule has 0 aliphatic carbocycles. The molecule has 2 N–H and O–H groups in total. The molecule has 0 atom stereocenters. The third-order valence-electron chi connectivity index (χ3n) is 4.96. The highest BCUT2D eigenvalue weighted by atomic mass is 16.5. The van der Waals surface area contributed by atoms with Gasteiger partial charge in [0.05, 0.1) is 0 Å². The summed E-state index contributed by atoms with van der Waals surface area (Å²) in [5.74, 6) is 1.23. The molecule has 4 aromatic rings. The summed E-state index contributed by atoms with van der Waals surface area (Å²) in [4.78, 5) is 0. The van der Waals surface area contributed by atoms with Gasteiger partial charge in [-0.2, -0.15) is 0 Å². The Bertz CT molecular complexity index is 1100. The van der Waals surface area contributed by atoms with E-state index in [1.165, 1.54) is 0 Å². The maximum absolute atomic E-state index is 9.85. The monoisotopic (exact) mass is 410 g/mol. The van der Waals surface area contributed by atoms with Gasteiger partial charge in [0.2, 0.25) is 0 Å². The minimum absolute atomic E-state index is 0.331. The van der Waals surface area contributed by atoms with Crippen molar-refractivity contribution in [3.63, 3.8) is 0 Å². The first-order chi connectivity index (χ1) is 15.2. The van der Waals surface area contributed by atoms with Gasteiger partial charge in [-0.1, -0.05) is 84.9 Å².